The molecule has 11 nitrogen and oxygen atoms in total. The van der Waals surface area contributed by atoms with Gasteiger partial charge in [-0.1, -0.05) is 23.7 Å². The first-order valence-electron chi connectivity index (χ1n) is 10.2. The second kappa shape index (κ2) is 10.7. The summed E-state index contributed by atoms with van der Waals surface area (Å²) in [6.45, 7) is 4.29. The maximum absolute atomic E-state index is 11.2. The molecule has 0 atom stereocenters. The molecular weight excluding hydrogens is 528 g/mol. The number of nitro groups is 1. The number of hydrogen-bond acceptors (Lipinski definition) is 10. The van der Waals surface area contributed by atoms with Gasteiger partial charge >= 0.3 is 0 Å². The van der Waals surface area contributed by atoms with Gasteiger partial charge in [-0.2, -0.15) is 20.1 Å². The average molecular weight is 548 g/mol. The van der Waals surface area contributed by atoms with Crippen molar-refractivity contribution in [2.45, 2.75) is 6.92 Å². The van der Waals surface area contributed by atoms with Crippen molar-refractivity contribution < 1.29 is 9.66 Å². The van der Waals surface area contributed by atoms with Crippen molar-refractivity contribution in [3.8, 4) is 0 Å². The predicted octanol–water partition coefficient (Wildman–Crippen LogP) is 4.53. The minimum Gasteiger partial charge on any atom is -0.378 e. The van der Waals surface area contributed by atoms with Crippen LogP contribution >= 0.6 is 27.5 Å². The Hall–Kier alpha value is -3.35. The molecule has 2 N–H and O–H groups in total. The zero-order valence-corrected chi connectivity index (χ0v) is 20.4. The molecule has 1 aromatic heterocycles. The topological polar surface area (TPSA) is 131 Å². The molecule has 1 aliphatic rings. The van der Waals surface area contributed by atoms with Crippen molar-refractivity contribution in [3.63, 3.8) is 0 Å². The Morgan fingerprint density at radius 3 is 2.71 bits per heavy atom. The Balaban J connectivity index is 1.62. The van der Waals surface area contributed by atoms with Gasteiger partial charge in [-0.05, 0) is 46.6 Å². The molecule has 0 aliphatic carbocycles. The highest BCUT2D eigenvalue weighted by Crippen LogP contribution is 2.31. The van der Waals surface area contributed by atoms with Gasteiger partial charge in [0.2, 0.25) is 17.8 Å². The number of nitrogens with zero attached hydrogens (tertiary/aromatic N) is 6. The van der Waals surface area contributed by atoms with E-state index in [1.54, 1.807) is 24.3 Å². The number of aryl methyl sites for hydroxylation is 1. The molecule has 2 aromatic carbocycles. The largest absolute Gasteiger partial charge is 0.378 e. The number of nitro benzene ring substituents is 1. The lowest BCUT2D eigenvalue weighted by Crippen LogP contribution is -2.37. The third-order valence-corrected chi connectivity index (χ3v) is 5.98. The van der Waals surface area contributed by atoms with Crippen LogP contribution in [0.1, 0.15) is 11.1 Å². The standard InChI is InChI=1S/C21H20BrClN8O3/c1-13-10-15(22)17(11-16(13)23)25-19-26-20(28-21(27-19)30-6-8-34-9-7-30)29-24-12-14-4-2-3-5-18(14)31(32)33/h2-5,10-12H,6-9H2,1H3,(H2,25,26,27,28,29)/b24-12-. The molecular formula is C21H20BrClN8O3. The van der Waals surface area contributed by atoms with E-state index in [0.29, 0.717) is 48.5 Å². The number of rotatable bonds is 7. The molecule has 2 heterocycles. The van der Waals surface area contributed by atoms with Gasteiger partial charge in [0.15, 0.2) is 0 Å². The van der Waals surface area contributed by atoms with E-state index in [1.165, 1.54) is 12.3 Å². The van der Waals surface area contributed by atoms with Crippen LogP contribution in [0.15, 0.2) is 46.0 Å². The molecule has 0 saturated carbocycles. The fraction of sp³-hybridized carbons (Fsp3) is 0.238. The lowest BCUT2D eigenvalue weighted by atomic mass is 10.2. The zero-order chi connectivity index (χ0) is 24.1. The van der Waals surface area contributed by atoms with Crippen LogP contribution in [0.5, 0.6) is 0 Å². The normalized spacial score (nSPS) is 13.8. The zero-order valence-electron chi connectivity index (χ0n) is 18.0. The Labute approximate surface area is 208 Å². The van der Waals surface area contributed by atoms with Crippen LogP contribution in [-0.4, -0.2) is 52.4 Å². The number of hydrogen-bond donors (Lipinski definition) is 2. The smallest absolute Gasteiger partial charge is 0.278 e. The van der Waals surface area contributed by atoms with Gasteiger partial charge in [0.1, 0.15) is 0 Å². The summed E-state index contributed by atoms with van der Waals surface area (Å²) in [4.78, 5) is 26.1. The number of hydrazone groups is 1. The molecule has 3 aromatic rings. The summed E-state index contributed by atoms with van der Waals surface area (Å²) in [6.07, 6.45) is 1.35. The predicted molar refractivity (Wildman–Crippen MR) is 134 cm³/mol. The molecule has 0 amide bonds. The summed E-state index contributed by atoms with van der Waals surface area (Å²) >= 11 is 9.81. The van der Waals surface area contributed by atoms with Crippen LogP contribution in [0.2, 0.25) is 5.02 Å². The Kier molecular flexibility index (Phi) is 7.50. The molecule has 1 aliphatic heterocycles. The molecule has 13 heteroatoms. The van der Waals surface area contributed by atoms with Crippen molar-refractivity contribution in [1.82, 2.24) is 15.0 Å². The van der Waals surface area contributed by atoms with Gasteiger partial charge in [-0.15, -0.1) is 0 Å². The number of morpholine rings is 1. The number of para-hydroxylation sites is 1. The van der Waals surface area contributed by atoms with Crippen LogP contribution in [0.25, 0.3) is 0 Å². The molecule has 1 fully saturated rings. The SMILES string of the molecule is Cc1cc(Br)c(Nc2nc(N/N=C\c3ccccc3[N+](=O)[O-])nc(N3CCOCC3)n2)cc1Cl. The van der Waals surface area contributed by atoms with E-state index in [0.717, 1.165) is 10.0 Å². The second-order valence-corrected chi connectivity index (χ2v) is 8.54. The third kappa shape index (κ3) is 5.76. The highest BCUT2D eigenvalue weighted by Gasteiger charge is 2.17. The first-order valence-corrected chi connectivity index (χ1v) is 11.4. The van der Waals surface area contributed by atoms with Crippen LogP contribution in [0.4, 0.5) is 29.2 Å². The molecule has 0 bridgehead atoms. The van der Waals surface area contributed by atoms with Gasteiger partial charge in [0.25, 0.3) is 5.69 Å². The molecule has 0 unspecified atom stereocenters. The molecule has 1 saturated heterocycles. The van der Waals surface area contributed by atoms with Crippen LogP contribution in [0, 0.1) is 17.0 Å². The summed E-state index contributed by atoms with van der Waals surface area (Å²) in [5.74, 6) is 0.891. The van der Waals surface area contributed by atoms with Gasteiger partial charge in [0, 0.05) is 28.7 Å². The summed E-state index contributed by atoms with van der Waals surface area (Å²) in [5, 5.41) is 19.1. The highest BCUT2D eigenvalue weighted by atomic mass is 79.9. The highest BCUT2D eigenvalue weighted by molar-refractivity contribution is 9.10. The monoisotopic (exact) mass is 546 g/mol. The van der Waals surface area contributed by atoms with E-state index >= 15 is 0 Å². The average Bonchev–Trinajstić information content (AvgIpc) is 2.83. The lowest BCUT2D eigenvalue weighted by Gasteiger charge is -2.27. The Morgan fingerprint density at radius 2 is 1.94 bits per heavy atom. The minimum atomic E-state index is -0.465. The van der Waals surface area contributed by atoms with E-state index in [2.05, 4.69) is 46.7 Å². The molecule has 176 valence electrons. The number of nitrogens with one attached hydrogen (secondary N) is 2. The Morgan fingerprint density at radius 1 is 1.21 bits per heavy atom. The van der Waals surface area contributed by atoms with Gasteiger partial charge < -0.3 is 15.0 Å². The molecule has 0 spiro atoms. The van der Waals surface area contributed by atoms with Crippen molar-refractivity contribution in [3.05, 3.63) is 67.1 Å². The number of aromatic nitrogens is 3. The molecule has 4 rings (SSSR count). The Bertz CT molecular complexity index is 1240. The van der Waals surface area contributed by atoms with Crippen LogP contribution < -0.4 is 15.6 Å². The first kappa shape index (κ1) is 23.8. The van der Waals surface area contributed by atoms with Gasteiger partial charge in [-0.3, -0.25) is 10.1 Å². The van der Waals surface area contributed by atoms with E-state index in [1.807, 2.05) is 17.9 Å². The minimum absolute atomic E-state index is 0.0545. The van der Waals surface area contributed by atoms with Crippen molar-refractivity contribution in [2.75, 3.05) is 41.9 Å². The fourth-order valence-corrected chi connectivity index (χ4v) is 3.88. The number of anilines is 4. The van der Waals surface area contributed by atoms with Crippen molar-refractivity contribution in [2.24, 2.45) is 5.10 Å². The van der Waals surface area contributed by atoms with E-state index < -0.39 is 4.92 Å². The van der Waals surface area contributed by atoms with Gasteiger partial charge in [0.05, 0.1) is 35.6 Å². The van der Waals surface area contributed by atoms with E-state index in [4.69, 9.17) is 16.3 Å². The number of benzene rings is 2. The first-order chi connectivity index (χ1) is 16.4. The summed E-state index contributed by atoms with van der Waals surface area (Å²) < 4.78 is 6.22. The summed E-state index contributed by atoms with van der Waals surface area (Å²) in [7, 11) is 0. The summed E-state index contributed by atoms with van der Waals surface area (Å²) in [6, 6.07) is 9.97. The van der Waals surface area contributed by atoms with E-state index in [9.17, 15) is 10.1 Å². The fourth-order valence-electron chi connectivity index (χ4n) is 3.16. The summed E-state index contributed by atoms with van der Waals surface area (Å²) in [5.41, 5.74) is 4.65. The molecule has 34 heavy (non-hydrogen) atoms. The number of ether oxygens (including phenoxy) is 1. The van der Waals surface area contributed by atoms with Crippen LogP contribution in [0.3, 0.4) is 0 Å². The molecule has 0 radical (unpaired) electrons. The second-order valence-electron chi connectivity index (χ2n) is 7.27. The third-order valence-electron chi connectivity index (χ3n) is 4.91. The lowest BCUT2D eigenvalue weighted by molar-refractivity contribution is -0.385. The van der Waals surface area contributed by atoms with Crippen molar-refractivity contribution >= 4 is 63.0 Å². The van der Waals surface area contributed by atoms with Crippen LogP contribution in [-0.2, 0) is 4.74 Å². The number of halogens is 2. The quantitative estimate of drug-likeness (QED) is 0.249. The van der Waals surface area contributed by atoms with Gasteiger partial charge in [-0.25, -0.2) is 5.43 Å². The maximum atomic E-state index is 11.2. The van der Waals surface area contributed by atoms with Crippen molar-refractivity contribution in [1.29, 1.82) is 0 Å². The van der Waals surface area contributed by atoms with E-state index in [-0.39, 0.29) is 17.6 Å². The maximum Gasteiger partial charge on any atom is 0.278 e.